The molecule has 130 valence electrons. The quantitative estimate of drug-likeness (QED) is 0.838. The van der Waals surface area contributed by atoms with Crippen LogP contribution in [-0.2, 0) is 19.1 Å². The van der Waals surface area contributed by atoms with Crippen LogP contribution >= 0.6 is 0 Å². The van der Waals surface area contributed by atoms with E-state index >= 15 is 0 Å². The van der Waals surface area contributed by atoms with Crippen molar-refractivity contribution >= 4 is 11.7 Å². The maximum absolute atomic E-state index is 12.8. The molecule has 0 N–H and O–H groups in total. The number of nitrogens with zero attached hydrogens (tertiary/aromatic N) is 1. The summed E-state index contributed by atoms with van der Waals surface area (Å²) in [4.78, 5) is 25.9. The second-order valence-electron chi connectivity index (χ2n) is 6.11. The normalized spacial score (nSPS) is 13.7. The lowest BCUT2D eigenvalue weighted by atomic mass is 10.0. The monoisotopic (exact) mass is 347 g/mol. The van der Waals surface area contributed by atoms with E-state index in [2.05, 4.69) is 0 Å². The molecule has 0 aliphatic heterocycles. The molecule has 0 radical (unpaired) electrons. The number of halogens is 3. The lowest BCUT2D eigenvalue weighted by molar-refractivity contribution is -0.137. The Kier molecular flexibility index (Phi) is 4.37. The van der Waals surface area contributed by atoms with Crippen LogP contribution in [0.2, 0.25) is 0 Å². The Hall–Kier alpha value is -2.63. The fourth-order valence-corrected chi connectivity index (χ4v) is 3.09. The van der Waals surface area contributed by atoms with E-state index in [1.165, 1.54) is 11.0 Å². The summed E-state index contributed by atoms with van der Waals surface area (Å²) < 4.78 is 38.4. The summed E-state index contributed by atoms with van der Waals surface area (Å²) >= 11 is 0. The second kappa shape index (κ2) is 6.35. The van der Waals surface area contributed by atoms with Gasteiger partial charge in [-0.25, -0.2) is 0 Å². The smallest absolute Gasteiger partial charge is 0.337 e. The Balaban J connectivity index is 1.82. The zero-order chi connectivity index (χ0) is 18.2. The molecule has 6 heteroatoms. The Morgan fingerprint density at radius 2 is 1.84 bits per heavy atom. The highest BCUT2D eigenvalue weighted by Gasteiger charge is 2.30. The van der Waals surface area contributed by atoms with Crippen LogP contribution in [0.5, 0.6) is 0 Å². The molecule has 3 nitrogen and oxygen atoms in total. The first kappa shape index (κ1) is 17.2. The van der Waals surface area contributed by atoms with Gasteiger partial charge in [0.15, 0.2) is 5.78 Å². The van der Waals surface area contributed by atoms with E-state index in [1.807, 2.05) is 0 Å². The van der Waals surface area contributed by atoms with E-state index in [4.69, 9.17) is 0 Å². The van der Waals surface area contributed by atoms with Gasteiger partial charge in [0.25, 0.3) is 5.91 Å². The molecular weight excluding hydrogens is 331 g/mol. The van der Waals surface area contributed by atoms with Crippen LogP contribution in [0.15, 0.2) is 42.5 Å². The largest absolute Gasteiger partial charge is 0.416 e. The van der Waals surface area contributed by atoms with Gasteiger partial charge in [-0.05, 0) is 35.7 Å². The van der Waals surface area contributed by atoms with Gasteiger partial charge in [-0.15, -0.1) is 0 Å². The lowest BCUT2D eigenvalue weighted by Gasteiger charge is -2.19. The van der Waals surface area contributed by atoms with Gasteiger partial charge in [0, 0.05) is 31.1 Å². The van der Waals surface area contributed by atoms with Crippen molar-refractivity contribution in [1.82, 2.24) is 4.90 Å². The lowest BCUT2D eigenvalue weighted by Crippen LogP contribution is -2.27. The van der Waals surface area contributed by atoms with E-state index in [0.717, 1.165) is 17.7 Å². The molecule has 0 spiro atoms. The van der Waals surface area contributed by atoms with Gasteiger partial charge >= 0.3 is 6.18 Å². The zero-order valence-electron chi connectivity index (χ0n) is 13.6. The Morgan fingerprint density at radius 1 is 1.12 bits per heavy atom. The number of hydrogen-bond donors (Lipinski definition) is 0. The van der Waals surface area contributed by atoms with Crippen LogP contribution in [0.3, 0.4) is 0 Å². The Morgan fingerprint density at radius 3 is 2.56 bits per heavy atom. The average molecular weight is 347 g/mol. The van der Waals surface area contributed by atoms with E-state index in [0.29, 0.717) is 29.5 Å². The summed E-state index contributed by atoms with van der Waals surface area (Å²) in [7, 11) is 1.54. The maximum Gasteiger partial charge on any atom is 0.416 e. The summed E-state index contributed by atoms with van der Waals surface area (Å²) in [5, 5.41) is 0. The maximum atomic E-state index is 12.8. The van der Waals surface area contributed by atoms with Gasteiger partial charge in [0.2, 0.25) is 0 Å². The number of alkyl halides is 3. The van der Waals surface area contributed by atoms with Crippen LogP contribution in [0.1, 0.15) is 43.8 Å². The molecule has 0 aromatic heterocycles. The number of rotatable bonds is 3. The summed E-state index contributed by atoms with van der Waals surface area (Å²) in [6.07, 6.45) is -3.51. The van der Waals surface area contributed by atoms with Crippen molar-refractivity contribution in [3.05, 3.63) is 70.3 Å². The molecule has 1 aliphatic carbocycles. The summed E-state index contributed by atoms with van der Waals surface area (Å²) in [6.45, 7) is 0.0559. The summed E-state index contributed by atoms with van der Waals surface area (Å²) in [5.41, 5.74) is 1.40. The predicted octanol–water partition coefficient (Wildman–Crippen LogP) is 4.11. The highest BCUT2D eigenvalue weighted by molar-refractivity contribution is 6.05. The Bertz CT molecular complexity index is 843. The number of Topliss-reactive ketones (excluding diaryl/α,β-unsaturated/α-hetero) is 1. The van der Waals surface area contributed by atoms with Crippen LogP contribution < -0.4 is 0 Å². The third kappa shape index (κ3) is 3.43. The minimum Gasteiger partial charge on any atom is -0.337 e. The number of hydrogen-bond acceptors (Lipinski definition) is 2. The molecule has 0 fully saturated rings. The van der Waals surface area contributed by atoms with Crippen molar-refractivity contribution in [2.24, 2.45) is 0 Å². The third-order valence-corrected chi connectivity index (χ3v) is 4.33. The standard InChI is InChI=1S/C19H16F3NO2/c1-23(11-12-4-2-5-13(10-12)19(20,21)22)18(25)16-7-3-6-15-14(16)8-9-17(15)24/h2-7,10H,8-9,11H2,1H3. The molecule has 0 bridgehead atoms. The van der Waals surface area contributed by atoms with Crippen LogP contribution in [0.4, 0.5) is 13.2 Å². The molecular formula is C19H16F3NO2. The molecule has 0 heterocycles. The molecule has 1 aliphatic rings. The number of fused-ring (bicyclic) bond motifs is 1. The predicted molar refractivity (Wildman–Crippen MR) is 86.3 cm³/mol. The van der Waals surface area contributed by atoms with Crippen molar-refractivity contribution in [3.8, 4) is 0 Å². The first-order chi connectivity index (χ1) is 11.8. The van der Waals surface area contributed by atoms with E-state index < -0.39 is 11.7 Å². The van der Waals surface area contributed by atoms with Gasteiger partial charge < -0.3 is 4.90 Å². The first-order valence-corrected chi connectivity index (χ1v) is 7.84. The van der Waals surface area contributed by atoms with Crippen molar-refractivity contribution < 1.29 is 22.8 Å². The van der Waals surface area contributed by atoms with Gasteiger partial charge in [0.05, 0.1) is 5.56 Å². The molecule has 0 unspecified atom stereocenters. The van der Waals surface area contributed by atoms with Crippen molar-refractivity contribution in [3.63, 3.8) is 0 Å². The minimum atomic E-state index is -4.42. The molecule has 2 aromatic rings. The number of ketones is 1. The molecule has 0 atom stereocenters. The fourth-order valence-electron chi connectivity index (χ4n) is 3.09. The number of carbonyl (C=O) groups excluding carboxylic acids is 2. The van der Waals surface area contributed by atoms with Crippen molar-refractivity contribution in [2.75, 3.05) is 7.05 Å². The van der Waals surface area contributed by atoms with Crippen LogP contribution in [0, 0.1) is 0 Å². The third-order valence-electron chi connectivity index (χ3n) is 4.33. The fraction of sp³-hybridized carbons (Fsp3) is 0.263. The highest BCUT2D eigenvalue weighted by Crippen LogP contribution is 2.30. The van der Waals surface area contributed by atoms with Crippen molar-refractivity contribution in [1.29, 1.82) is 0 Å². The van der Waals surface area contributed by atoms with Gasteiger partial charge in [0.1, 0.15) is 0 Å². The molecule has 1 amide bonds. The SMILES string of the molecule is CN(Cc1cccc(C(F)(F)F)c1)C(=O)c1cccc2c1CCC2=O. The van der Waals surface area contributed by atoms with Gasteiger partial charge in [-0.2, -0.15) is 13.2 Å². The molecule has 2 aromatic carbocycles. The van der Waals surface area contributed by atoms with Gasteiger partial charge in [-0.1, -0.05) is 24.3 Å². The van der Waals surface area contributed by atoms with E-state index in [-0.39, 0.29) is 18.2 Å². The Labute approximate surface area is 143 Å². The van der Waals surface area contributed by atoms with Crippen LogP contribution in [0.25, 0.3) is 0 Å². The van der Waals surface area contributed by atoms with E-state index in [1.54, 1.807) is 31.3 Å². The van der Waals surface area contributed by atoms with E-state index in [9.17, 15) is 22.8 Å². The molecule has 0 saturated carbocycles. The highest BCUT2D eigenvalue weighted by atomic mass is 19.4. The summed E-state index contributed by atoms with van der Waals surface area (Å²) in [5.74, 6) is -0.283. The molecule has 25 heavy (non-hydrogen) atoms. The first-order valence-electron chi connectivity index (χ1n) is 7.84. The molecule has 3 rings (SSSR count). The van der Waals surface area contributed by atoms with Crippen LogP contribution in [-0.4, -0.2) is 23.6 Å². The number of amides is 1. The topological polar surface area (TPSA) is 37.4 Å². The zero-order valence-corrected chi connectivity index (χ0v) is 13.6. The minimum absolute atomic E-state index is 0.0187. The second-order valence-corrected chi connectivity index (χ2v) is 6.11. The number of benzene rings is 2. The van der Waals surface area contributed by atoms with Gasteiger partial charge in [-0.3, -0.25) is 9.59 Å². The number of carbonyl (C=O) groups is 2. The van der Waals surface area contributed by atoms with Crippen molar-refractivity contribution in [2.45, 2.75) is 25.6 Å². The molecule has 0 saturated heterocycles. The summed E-state index contributed by atoms with van der Waals surface area (Å²) in [6, 6.07) is 9.95. The average Bonchev–Trinajstić information content (AvgIpc) is 2.95.